The molecule has 0 saturated heterocycles. The number of benzene rings is 2. The summed E-state index contributed by atoms with van der Waals surface area (Å²) in [6, 6.07) is 14.0. The molecule has 0 fully saturated rings. The first kappa shape index (κ1) is 17.9. The van der Waals surface area contributed by atoms with Crippen LogP contribution in [-0.4, -0.2) is 18.2 Å². The van der Waals surface area contributed by atoms with Crippen molar-refractivity contribution in [1.82, 2.24) is 14.5 Å². The number of sulfonamides is 1. The normalized spacial score (nSPS) is 11.6. The van der Waals surface area contributed by atoms with Gasteiger partial charge in [-0.15, -0.1) is 0 Å². The number of hydrogen-bond donors (Lipinski definition) is 1. The summed E-state index contributed by atoms with van der Waals surface area (Å²) in [5.74, 6) is 0. The van der Waals surface area contributed by atoms with Crippen LogP contribution in [-0.2, 0) is 23.1 Å². The first-order valence-corrected chi connectivity index (χ1v) is 9.68. The number of nitrogens with one attached hydrogen (secondary N) is 1. The van der Waals surface area contributed by atoms with Gasteiger partial charge in [0.15, 0.2) is 0 Å². The molecule has 1 N–H and O–H groups in total. The molecule has 25 heavy (non-hydrogen) atoms. The van der Waals surface area contributed by atoms with E-state index in [0.717, 1.165) is 11.1 Å². The summed E-state index contributed by atoms with van der Waals surface area (Å²) >= 11 is 11.9. The molecule has 1 aromatic heterocycles. The zero-order chi connectivity index (χ0) is 17.9. The van der Waals surface area contributed by atoms with Crippen LogP contribution < -0.4 is 4.72 Å². The molecule has 0 saturated carbocycles. The van der Waals surface area contributed by atoms with Crippen molar-refractivity contribution in [2.24, 2.45) is 0 Å². The van der Waals surface area contributed by atoms with E-state index < -0.39 is 10.0 Å². The summed E-state index contributed by atoms with van der Waals surface area (Å²) in [6.45, 7) is 0.824. The van der Waals surface area contributed by atoms with Crippen molar-refractivity contribution in [1.29, 1.82) is 0 Å². The van der Waals surface area contributed by atoms with Gasteiger partial charge in [0.05, 0.1) is 16.6 Å². The van der Waals surface area contributed by atoms with Crippen LogP contribution in [0.4, 0.5) is 0 Å². The highest BCUT2D eigenvalue weighted by atomic mass is 35.5. The van der Waals surface area contributed by atoms with Crippen LogP contribution in [0, 0.1) is 0 Å². The smallest absolute Gasteiger partial charge is 0.242 e. The summed E-state index contributed by atoms with van der Waals surface area (Å²) in [5.41, 5.74) is 1.92. The average Bonchev–Trinajstić information content (AvgIpc) is 3.10. The van der Waals surface area contributed by atoms with Gasteiger partial charge >= 0.3 is 0 Å². The fourth-order valence-electron chi connectivity index (χ4n) is 2.29. The van der Waals surface area contributed by atoms with Crippen LogP contribution in [0.15, 0.2) is 65.8 Å². The van der Waals surface area contributed by atoms with E-state index in [2.05, 4.69) is 9.82 Å². The molecule has 0 atom stereocenters. The molecule has 0 amide bonds. The molecule has 1 heterocycles. The van der Waals surface area contributed by atoms with Gasteiger partial charge in [0.2, 0.25) is 10.0 Å². The Morgan fingerprint density at radius 3 is 2.40 bits per heavy atom. The van der Waals surface area contributed by atoms with E-state index in [0.29, 0.717) is 6.54 Å². The maximum absolute atomic E-state index is 12.4. The molecule has 0 spiro atoms. The lowest BCUT2D eigenvalue weighted by atomic mass is 10.1. The monoisotopic (exact) mass is 395 g/mol. The molecule has 0 unspecified atom stereocenters. The van der Waals surface area contributed by atoms with E-state index in [1.165, 1.54) is 6.07 Å². The lowest BCUT2D eigenvalue weighted by Gasteiger charge is -2.10. The Bertz CT molecular complexity index is 956. The number of hydrogen-bond acceptors (Lipinski definition) is 3. The molecule has 0 aliphatic carbocycles. The SMILES string of the molecule is O=S(=O)(NCc1ccc(Cn2cccn2)cc1)c1cccc(Cl)c1Cl. The van der Waals surface area contributed by atoms with E-state index in [4.69, 9.17) is 23.2 Å². The number of aromatic nitrogens is 2. The second-order valence-electron chi connectivity index (χ2n) is 5.40. The molecular weight excluding hydrogens is 381 g/mol. The molecule has 5 nitrogen and oxygen atoms in total. The Hall–Kier alpha value is -1.86. The molecular formula is C17H15Cl2N3O2S. The van der Waals surface area contributed by atoms with Crippen LogP contribution in [0.2, 0.25) is 10.0 Å². The number of nitrogens with zero attached hydrogens (tertiary/aromatic N) is 2. The van der Waals surface area contributed by atoms with Crippen LogP contribution >= 0.6 is 23.2 Å². The van der Waals surface area contributed by atoms with Gasteiger partial charge in [-0.1, -0.05) is 53.5 Å². The first-order chi connectivity index (χ1) is 12.0. The Morgan fingerprint density at radius 2 is 1.72 bits per heavy atom. The van der Waals surface area contributed by atoms with Crippen LogP contribution in [0.1, 0.15) is 11.1 Å². The topological polar surface area (TPSA) is 64.0 Å². The van der Waals surface area contributed by atoms with Crippen molar-refractivity contribution in [3.63, 3.8) is 0 Å². The van der Waals surface area contributed by atoms with Crippen LogP contribution in [0.25, 0.3) is 0 Å². The third-order valence-electron chi connectivity index (χ3n) is 3.60. The number of halogens is 2. The highest BCUT2D eigenvalue weighted by Gasteiger charge is 2.19. The predicted octanol–water partition coefficient (Wildman–Crippen LogP) is 3.72. The average molecular weight is 396 g/mol. The minimum absolute atomic E-state index is 0.0197. The fourth-order valence-corrected chi connectivity index (χ4v) is 4.07. The van der Waals surface area contributed by atoms with Gasteiger partial charge < -0.3 is 0 Å². The van der Waals surface area contributed by atoms with E-state index in [9.17, 15) is 8.42 Å². The molecule has 0 aliphatic heterocycles. The third kappa shape index (κ3) is 4.41. The molecule has 8 heteroatoms. The second kappa shape index (κ2) is 7.58. The molecule has 0 aliphatic rings. The van der Waals surface area contributed by atoms with Crippen molar-refractivity contribution < 1.29 is 8.42 Å². The highest BCUT2D eigenvalue weighted by molar-refractivity contribution is 7.89. The molecule has 0 radical (unpaired) electrons. The van der Waals surface area contributed by atoms with Crippen molar-refractivity contribution in [2.45, 2.75) is 18.0 Å². The van der Waals surface area contributed by atoms with Gasteiger partial charge in [-0.3, -0.25) is 4.68 Å². The summed E-state index contributed by atoms with van der Waals surface area (Å²) in [5, 5.41) is 4.37. The quantitative estimate of drug-likeness (QED) is 0.691. The van der Waals surface area contributed by atoms with E-state index in [1.807, 2.05) is 41.2 Å². The highest BCUT2D eigenvalue weighted by Crippen LogP contribution is 2.28. The van der Waals surface area contributed by atoms with E-state index in [1.54, 1.807) is 18.3 Å². The minimum atomic E-state index is -3.74. The minimum Gasteiger partial charge on any atom is -0.268 e. The molecule has 3 rings (SSSR count). The summed E-state index contributed by atoms with van der Waals surface area (Å²) in [6.07, 6.45) is 3.61. The lowest BCUT2D eigenvalue weighted by molar-refractivity contribution is 0.581. The zero-order valence-corrected chi connectivity index (χ0v) is 15.4. The van der Waals surface area contributed by atoms with Gasteiger partial charge in [0.1, 0.15) is 4.90 Å². The predicted molar refractivity (Wildman–Crippen MR) is 98.3 cm³/mol. The molecule has 2 aromatic carbocycles. The molecule has 3 aromatic rings. The Labute approximate surface area is 156 Å². The fraction of sp³-hybridized carbons (Fsp3) is 0.118. The second-order valence-corrected chi connectivity index (χ2v) is 7.92. The maximum atomic E-state index is 12.4. The van der Waals surface area contributed by atoms with Crippen LogP contribution in [0.5, 0.6) is 0 Å². The largest absolute Gasteiger partial charge is 0.268 e. The van der Waals surface area contributed by atoms with Gasteiger partial charge in [-0.25, -0.2) is 13.1 Å². The lowest BCUT2D eigenvalue weighted by Crippen LogP contribution is -2.23. The zero-order valence-electron chi connectivity index (χ0n) is 13.1. The summed E-state index contributed by atoms with van der Waals surface area (Å²) < 4.78 is 29.1. The third-order valence-corrected chi connectivity index (χ3v) is 5.97. The van der Waals surface area contributed by atoms with E-state index in [-0.39, 0.29) is 21.5 Å². The Kier molecular flexibility index (Phi) is 5.44. The first-order valence-electron chi connectivity index (χ1n) is 7.44. The van der Waals surface area contributed by atoms with Gasteiger partial charge in [0, 0.05) is 18.9 Å². The molecule has 0 bridgehead atoms. The van der Waals surface area contributed by atoms with Crippen molar-refractivity contribution >= 4 is 33.2 Å². The van der Waals surface area contributed by atoms with Gasteiger partial charge in [0.25, 0.3) is 0 Å². The van der Waals surface area contributed by atoms with E-state index >= 15 is 0 Å². The number of rotatable bonds is 6. The summed E-state index contributed by atoms with van der Waals surface area (Å²) in [7, 11) is -3.74. The van der Waals surface area contributed by atoms with Gasteiger partial charge in [-0.2, -0.15) is 5.10 Å². The Balaban J connectivity index is 1.67. The van der Waals surface area contributed by atoms with Crippen molar-refractivity contribution in [3.05, 3.63) is 82.1 Å². The van der Waals surface area contributed by atoms with Crippen molar-refractivity contribution in [2.75, 3.05) is 0 Å². The maximum Gasteiger partial charge on any atom is 0.242 e. The Morgan fingerprint density at radius 1 is 1.00 bits per heavy atom. The molecule has 130 valence electrons. The summed E-state index contributed by atoms with van der Waals surface area (Å²) in [4.78, 5) is -0.0306. The van der Waals surface area contributed by atoms with Gasteiger partial charge in [-0.05, 0) is 29.3 Å². The van der Waals surface area contributed by atoms with Crippen LogP contribution in [0.3, 0.4) is 0 Å². The standard InChI is InChI=1S/C17H15Cl2N3O2S/c18-15-3-1-4-16(17(15)19)25(23,24)21-11-13-5-7-14(8-6-13)12-22-10-2-9-20-22/h1-10,21H,11-12H2. The van der Waals surface area contributed by atoms with Crippen molar-refractivity contribution in [3.8, 4) is 0 Å².